The van der Waals surface area contributed by atoms with E-state index in [0.717, 1.165) is 12.0 Å². The highest BCUT2D eigenvalue weighted by molar-refractivity contribution is 5.94. The summed E-state index contributed by atoms with van der Waals surface area (Å²) in [6.07, 6.45) is 0.904. The fourth-order valence-corrected chi connectivity index (χ4v) is 4.08. The van der Waals surface area contributed by atoms with E-state index in [9.17, 15) is 9.59 Å². The van der Waals surface area contributed by atoms with Crippen LogP contribution in [0.5, 0.6) is 0 Å². The van der Waals surface area contributed by atoms with Gasteiger partial charge in [-0.05, 0) is 18.9 Å². The Balaban J connectivity index is 1.49. The molecule has 0 radical (unpaired) electrons. The molecule has 1 saturated heterocycles. The summed E-state index contributed by atoms with van der Waals surface area (Å²) in [6.45, 7) is 2.43. The Hall–Kier alpha value is -2.54. The monoisotopic (exact) mass is 358 g/mol. The highest BCUT2D eigenvalue weighted by atomic mass is 16.7. The van der Waals surface area contributed by atoms with Crippen molar-refractivity contribution in [3.05, 3.63) is 47.7 Å². The Morgan fingerprint density at radius 2 is 2.08 bits per heavy atom. The summed E-state index contributed by atoms with van der Waals surface area (Å²) in [7, 11) is 1.49. The van der Waals surface area contributed by atoms with Crippen molar-refractivity contribution in [3.8, 4) is 0 Å². The molecule has 7 nitrogen and oxygen atoms in total. The summed E-state index contributed by atoms with van der Waals surface area (Å²) in [4.78, 5) is 24.3. The van der Waals surface area contributed by atoms with Crippen molar-refractivity contribution >= 4 is 12.0 Å². The first-order chi connectivity index (χ1) is 12.5. The number of ether oxygens (including phenoxy) is 3. The molecule has 0 aromatic heterocycles. The van der Waals surface area contributed by atoms with Crippen LogP contribution in [0.1, 0.15) is 18.9 Å². The van der Waals surface area contributed by atoms with E-state index >= 15 is 0 Å². The molecule has 1 aromatic carbocycles. The van der Waals surface area contributed by atoms with Crippen molar-refractivity contribution in [2.45, 2.75) is 37.9 Å². The van der Waals surface area contributed by atoms with Gasteiger partial charge in [-0.1, -0.05) is 30.3 Å². The third-order valence-electron chi connectivity index (χ3n) is 5.55. The Labute approximate surface area is 151 Å². The van der Waals surface area contributed by atoms with E-state index in [4.69, 9.17) is 14.2 Å². The molecule has 138 valence electrons. The smallest absolute Gasteiger partial charge is 0.409 e. The molecular formula is C19H22N2O5. The number of fused-ring (bicyclic) bond motifs is 3. The molecule has 0 unspecified atom stereocenters. The second-order valence-electron chi connectivity index (χ2n) is 7.06. The molecule has 3 aliphatic rings. The maximum atomic E-state index is 12.7. The first-order valence-corrected chi connectivity index (χ1v) is 8.76. The number of epoxide rings is 1. The largest absolute Gasteiger partial charge is 0.461 e. The van der Waals surface area contributed by atoms with Gasteiger partial charge in [0.2, 0.25) is 0 Å². The second-order valence-corrected chi connectivity index (χ2v) is 7.06. The molecule has 5 atom stereocenters. The number of carbonyl (C=O) groups excluding carboxylic acids is 2. The average Bonchev–Trinajstić information content (AvgIpc) is 3.21. The van der Waals surface area contributed by atoms with E-state index in [2.05, 4.69) is 10.6 Å². The summed E-state index contributed by atoms with van der Waals surface area (Å²) < 4.78 is 16.7. The molecule has 0 spiro atoms. The van der Waals surface area contributed by atoms with Crippen LogP contribution in [-0.4, -0.2) is 37.0 Å². The zero-order valence-electron chi connectivity index (χ0n) is 14.7. The van der Waals surface area contributed by atoms with Gasteiger partial charge in [0.15, 0.2) is 0 Å². The molecule has 1 aliphatic carbocycles. The quantitative estimate of drug-likeness (QED) is 0.800. The van der Waals surface area contributed by atoms with E-state index in [1.807, 2.05) is 37.3 Å². The molecule has 2 fully saturated rings. The molecule has 1 saturated carbocycles. The molecule has 2 amide bonds. The number of hydrogen-bond donors (Lipinski definition) is 2. The molecular weight excluding hydrogens is 336 g/mol. The van der Waals surface area contributed by atoms with Crippen LogP contribution in [-0.2, 0) is 25.5 Å². The fourth-order valence-electron chi connectivity index (χ4n) is 4.08. The number of rotatable bonds is 4. The Kier molecular flexibility index (Phi) is 4.11. The van der Waals surface area contributed by atoms with E-state index in [1.165, 1.54) is 13.3 Å². The first kappa shape index (κ1) is 16.9. The maximum absolute atomic E-state index is 12.7. The maximum Gasteiger partial charge on any atom is 0.409 e. The predicted octanol–water partition coefficient (Wildman–Crippen LogP) is 1.69. The molecule has 0 bridgehead atoms. The summed E-state index contributed by atoms with van der Waals surface area (Å²) in [5.41, 5.74) is 1.20. The van der Waals surface area contributed by atoms with Gasteiger partial charge in [-0.25, -0.2) is 4.79 Å². The van der Waals surface area contributed by atoms with Gasteiger partial charge < -0.3 is 24.8 Å². The Morgan fingerprint density at radius 1 is 1.31 bits per heavy atom. The van der Waals surface area contributed by atoms with Gasteiger partial charge in [0.25, 0.3) is 12.2 Å². The Morgan fingerprint density at radius 3 is 2.81 bits per heavy atom. The van der Waals surface area contributed by atoms with Crippen molar-refractivity contribution in [1.29, 1.82) is 0 Å². The minimum atomic E-state index is -0.761. The SMILES string of the molecule is CNC(=O)O[C@@H]1OC=C(C(=O)NCc2ccccc2)[C@H]2C[C@@H]3O[C@]3(C)[C@@H]12. The van der Waals surface area contributed by atoms with Crippen molar-refractivity contribution in [3.63, 3.8) is 0 Å². The van der Waals surface area contributed by atoms with E-state index < -0.39 is 18.0 Å². The normalized spacial score (nSPS) is 33.8. The van der Waals surface area contributed by atoms with E-state index in [1.54, 1.807) is 0 Å². The molecule has 7 heteroatoms. The van der Waals surface area contributed by atoms with Crippen molar-refractivity contribution in [1.82, 2.24) is 10.6 Å². The molecule has 2 aliphatic heterocycles. The summed E-state index contributed by atoms with van der Waals surface area (Å²) >= 11 is 0. The van der Waals surface area contributed by atoms with Crippen LogP contribution in [0.3, 0.4) is 0 Å². The molecule has 4 rings (SSSR count). The highest BCUT2D eigenvalue weighted by Crippen LogP contribution is 2.60. The molecule has 2 N–H and O–H groups in total. The van der Waals surface area contributed by atoms with Crippen LogP contribution in [0.4, 0.5) is 4.79 Å². The van der Waals surface area contributed by atoms with Crippen molar-refractivity contribution in [2.24, 2.45) is 11.8 Å². The lowest BCUT2D eigenvalue weighted by atomic mass is 9.82. The zero-order chi connectivity index (χ0) is 18.3. The summed E-state index contributed by atoms with van der Waals surface area (Å²) in [5.74, 6) is -0.419. The van der Waals surface area contributed by atoms with Gasteiger partial charge in [0.1, 0.15) is 5.60 Å². The van der Waals surface area contributed by atoms with Crippen LogP contribution in [0.15, 0.2) is 42.2 Å². The highest BCUT2D eigenvalue weighted by Gasteiger charge is 2.70. The number of alkyl carbamates (subject to hydrolysis) is 1. The van der Waals surface area contributed by atoms with Gasteiger partial charge >= 0.3 is 6.09 Å². The number of carbonyl (C=O) groups is 2. The van der Waals surface area contributed by atoms with Gasteiger partial charge in [0.05, 0.1) is 23.9 Å². The number of benzene rings is 1. The van der Waals surface area contributed by atoms with Gasteiger partial charge in [0, 0.05) is 19.5 Å². The van der Waals surface area contributed by atoms with E-state index in [0.29, 0.717) is 12.1 Å². The molecule has 26 heavy (non-hydrogen) atoms. The zero-order valence-corrected chi connectivity index (χ0v) is 14.7. The van der Waals surface area contributed by atoms with E-state index in [-0.39, 0.29) is 23.8 Å². The van der Waals surface area contributed by atoms with Crippen LogP contribution < -0.4 is 10.6 Å². The third kappa shape index (κ3) is 2.82. The summed E-state index contributed by atoms with van der Waals surface area (Å²) in [6, 6.07) is 9.72. The first-order valence-electron chi connectivity index (χ1n) is 8.76. The van der Waals surface area contributed by atoms with Gasteiger partial charge in [-0.3, -0.25) is 4.79 Å². The standard InChI is InChI=1S/C19H22N2O5/c1-19-14(26-19)8-12-13(10-24-17(15(12)19)25-18(23)20-2)16(22)21-9-11-6-4-3-5-7-11/h3-7,10,12,14-15,17H,8-9H2,1-2H3,(H,20,23)(H,21,22)/t12-,14+,15-,17+,19+/m1/s1. The van der Waals surface area contributed by atoms with Gasteiger partial charge in [-0.15, -0.1) is 0 Å². The van der Waals surface area contributed by atoms with Crippen LogP contribution >= 0.6 is 0 Å². The number of amides is 2. The lowest BCUT2D eigenvalue weighted by Gasteiger charge is -2.36. The lowest BCUT2D eigenvalue weighted by Crippen LogP contribution is -2.45. The van der Waals surface area contributed by atoms with Crippen LogP contribution in [0.25, 0.3) is 0 Å². The number of nitrogens with one attached hydrogen (secondary N) is 2. The van der Waals surface area contributed by atoms with Gasteiger partial charge in [-0.2, -0.15) is 0 Å². The third-order valence-corrected chi connectivity index (χ3v) is 5.55. The Bertz CT molecular complexity index is 750. The summed E-state index contributed by atoms with van der Waals surface area (Å²) in [5, 5.41) is 5.37. The molecule has 1 aromatic rings. The van der Waals surface area contributed by atoms with Crippen molar-refractivity contribution in [2.75, 3.05) is 7.05 Å². The minimum Gasteiger partial charge on any atom is -0.461 e. The predicted molar refractivity (Wildman–Crippen MR) is 91.7 cm³/mol. The lowest BCUT2D eigenvalue weighted by molar-refractivity contribution is -0.142. The molecule has 2 heterocycles. The van der Waals surface area contributed by atoms with Crippen molar-refractivity contribution < 1.29 is 23.8 Å². The topological polar surface area (TPSA) is 89.2 Å². The average molecular weight is 358 g/mol. The fraction of sp³-hybridized carbons (Fsp3) is 0.474. The minimum absolute atomic E-state index is 0.0575. The van der Waals surface area contributed by atoms with Crippen LogP contribution in [0.2, 0.25) is 0 Å². The van der Waals surface area contributed by atoms with Crippen LogP contribution in [0, 0.1) is 11.8 Å². The second kappa shape index (κ2) is 6.32. The number of hydrogen-bond acceptors (Lipinski definition) is 5.